The first kappa shape index (κ1) is 22.6. The first-order chi connectivity index (χ1) is 15.8. The van der Waals surface area contributed by atoms with Crippen LogP contribution in [0, 0.1) is 0 Å². The smallest absolute Gasteiger partial charge is 0.326 e. The second-order valence-electron chi connectivity index (χ2n) is 7.18. The fourth-order valence-electron chi connectivity index (χ4n) is 3.26. The molecule has 1 atom stereocenters. The number of nitrogens with one attached hydrogen (secondary N) is 1. The van der Waals surface area contributed by atoms with Crippen molar-refractivity contribution in [2.75, 3.05) is 10.2 Å². The zero-order valence-corrected chi connectivity index (χ0v) is 17.9. The van der Waals surface area contributed by atoms with Gasteiger partial charge in [-0.2, -0.15) is 13.2 Å². The molecular weight excluding hydrogens is 451 g/mol. The lowest BCUT2D eigenvalue weighted by atomic mass is 10.2. The molecule has 1 heterocycles. The highest BCUT2D eigenvalue weighted by atomic mass is 32.2. The molecule has 1 aliphatic heterocycles. The number of carbonyl (C=O) groups excluding carboxylic acids is 2. The maximum Gasteiger partial charge on any atom is 0.416 e. The van der Waals surface area contributed by atoms with Gasteiger partial charge in [-0.1, -0.05) is 54.2 Å². The van der Waals surface area contributed by atoms with Crippen LogP contribution in [0.1, 0.15) is 12.0 Å². The van der Waals surface area contributed by atoms with Gasteiger partial charge in [0, 0.05) is 12.1 Å². The van der Waals surface area contributed by atoms with Gasteiger partial charge in [-0.05, 0) is 42.5 Å². The molecule has 9 heteroatoms. The molecule has 0 aliphatic carbocycles. The largest absolute Gasteiger partial charge is 0.416 e. The van der Waals surface area contributed by atoms with E-state index in [1.54, 1.807) is 36.4 Å². The minimum Gasteiger partial charge on any atom is -0.326 e. The van der Waals surface area contributed by atoms with E-state index >= 15 is 0 Å². The molecule has 0 spiro atoms. The van der Waals surface area contributed by atoms with E-state index < -0.39 is 22.9 Å². The number of anilines is 2. The quantitative estimate of drug-likeness (QED) is 0.508. The summed E-state index contributed by atoms with van der Waals surface area (Å²) < 4.78 is 38.8. The van der Waals surface area contributed by atoms with Gasteiger partial charge in [-0.15, -0.1) is 0 Å². The standard InChI is InChI=1S/C24H18F3N3O2S/c25-24(26,27)16-8-7-11-18(14-16)28-21(31)15-20-22(32)30(19-12-5-2-6-13-19)23(33-20)29-17-9-3-1-4-10-17/h1-14,20H,15H2,(H,28,31)/t20-/m0/s1. The van der Waals surface area contributed by atoms with E-state index in [9.17, 15) is 22.8 Å². The molecule has 3 aromatic rings. The lowest BCUT2D eigenvalue weighted by molar-refractivity contribution is -0.137. The normalized spacial score (nSPS) is 17.4. The van der Waals surface area contributed by atoms with Gasteiger partial charge < -0.3 is 5.32 Å². The van der Waals surface area contributed by atoms with Gasteiger partial charge in [0.15, 0.2) is 5.17 Å². The number of hydrogen-bond donors (Lipinski definition) is 1. The van der Waals surface area contributed by atoms with E-state index in [0.29, 0.717) is 16.5 Å². The summed E-state index contributed by atoms with van der Waals surface area (Å²) in [6.45, 7) is 0. The molecule has 0 aromatic heterocycles. The topological polar surface area (TPSA) is 61.8 Å². The fraction of sp³-hybridized carbons (Fsp3) is 0.125. The number of aliphatic imine (C=N–C) groups is 1. The third-order valence-corrected chi connectivity index (χ3v) is 5.91. The van der Waals surface area contributed by atoms with Crippen molar-refractivity contribution in [1.82, 2.24) is 0 Å². The molecule has 2 amide bonds. The SMILES string of the molecule is O=C(C[C@@H]1SC(=Nc2ccccc2)N(c2ccccc2)C1=O)Nc1cccc(C(F)(F)F)c1. The monoisotopic (exact) mass is 469 g/mol. The lowest BCUT2D eigenvalue weighted by Crippen LogP contribution is -2.33. The van der Waals surface area contributed by atoms with E-state index in [1.165, 1.54) is 17.0 Å². The number of amidine groups is 1. The minimum atomic E-state index is -4.52. The number of hydrogen-bond acceptors (Lipinski definition) is 4. The van der Waals surface area contributed by atoms with E-state index in [1.807, 2.05) is 24.3 Å². The molecule has 1 N–H and O–H groups in total. The average molecular weight is 469 g/mol. The molecule has 0 bridgehead atoms. The number of para-hydroxylation sites is 2. The van der Waals surface area contributed by atoms with Crippen LogP contribution in [0.25, 0.3) is 0 Å². The fourth-order valence-corrected chi connectivity index (χ4v) is 4.41. The molecule has 168 valence electrons. The molecular formula is C24H18F3N3O2S. The van der Waals surface area contributed by atoms with E-state index in [-0.39, 0.29) is 18.0 Å². The predicted octanol–water partition coefficient (Wildman–Crippen LogP) is 5.87. The Morgan fingerprint density at radius 2 is 1.64 bits per heavy atom. The Labute approximate surface area is 192 Å². The van der Waals surface area contributed by atoms with Gasteiger partial charge in [0.2, 0.25) is 11.8 Å². The maximum absolute atomic E-state index is 13.2. The molecule has 0 unspecified atom stereocenters. The summed E-state index contributed by atoms with van der Waals surface area (Å²) in [5, 5.41) is 2.12. The highest BCUT2D eigenvalue weighted by molar-refractivity contribution is 8.16. The Kier molecular flexibility index (Phi) is 6.50. The van der Waals surface area contributed by atoms with Crippen LogP contribution in [0.2, 0.25) is 0 Å². The summed E-state index contributed by atoms with van der Waals surface area (Å²) in [6, 6.07) is 22.4. The van der Waals surface area contributed by atoms with Crippen LogP contribution in [-0.2, 0) is 15.8 Å². The number of nitrogens with zero attached hydrogens (tertiary/aromatic N) is 2. The van der Waals surface area contributed by atoms with Crippen LogP contribution >= 0.6 is 11.8 Å². The summed E-state index contributed by atoms with van der Waals surface area (Å²) in [4.78, 5) is 31.8. The van der Waals surface area contributed by atoms with E-state index in [2.05, 4.69) is 10.3 Å². The molecule has 1 fully saturated rings. The number of thioether (sulfide) groups is 1. The summed E-state index contributed by atoms with van der Waals surface area (Å²) in [6.07, 6.45) is -4.73. The molecule has 0 saturated carbocycles. The summed E-state index contributed by atoms with van der Waals surface area (Å²) in [5.74, 6) is -0.880. The predicted molar refractivity (Wildman–Crippen MR) is 124 cm³/mol. The Morgan fingerprint density at radius 1 is 0.970 bits per heavy atom. The van der Waals surface area contributed by atoms with Gasteiger partial charge in [0.05, 0.1) is 16.9 Å². The summed E-state index contributed by atoms with van der Waals surface area (Å²) >= 11 is 1.15. The van der Waals surface area contributed by atoms with Crippen molar-refractivity contribution >= 4 is 45.8 Å². The number of rotatable bonds is 5. The van der Waals surface area contributed by atoms with Crippen molar-refractivity contribution in [3.05, 3.63) is 90.5 Å². The number of carbonyl (C=O) groups is 2. The summed E-state index contributed by atoms with van der Waals surface area (Å²) in [5.41, 5.74) is 0.427. The van der Waals surface area contributed by atoms with Crippen LogP contribution in [0.15, 0.2) is 89.9 Å². The van der Waals surface area contributed by atoms with Crippen molar-refractivity contribution in [2.24, 2.45) is 4.99 Å². The zero-order chi connectivity index (χ0) is 23.4. The maximum atomic E-state index is 13.2. The van der Waals surface area contributed by atoms with Crippen LogP contribution in [-0.4, -0.2) is 22.2 Å². The number of amides is 2. The number of benzene rings is 3. The van der Waals surface area contributed by atoms with Crippen molar-refractivity contribution in [2.45, 2.75) is 17.8 Å². The van der Waals surface area contributed by atoms with Gasteiger partial charge in [0.1, 0.15) is 5.25 Å². The second kappa shape index (κ2) is 9.50. The molecule has 0 radical (unpaired) electrons. The highest BCUT2D eigenvalue weighted by Gasteiger charge is 2.40. The second-order valence-corrected chi connectivity index (χ2v) is 8.35. The van der Waals surface area contributed by atoms with Crippen LogP contribution < -0.4 is 10.2 Å². The van der Waals surface area contributed by atoms with Crippen molar-refractivity contribution in [3.63, 3.8) is 0 Å². The molecule has 33 heavy (non-hydrogen) atoms. The van der Waals surface area contributed by atoms with E-state index in [4.69, 9.17) is 0 Å². The van der Waals surface area contributed by atoms with Gasteiger partial charge in [0.25, 0.3) is 0 Å². The molecule has 1 aliphatic rings. The van der Waals surface area contributed by atoms with Crippen LogP contribution in [0.4, 0.5) is 30.2 Å². The van der Waals surface area contributed by atoms with Gasteiger partial charge >= 0.3 is 6.18 Å². The third kappa shape index (κ3) is 5.43. The zero-order valence-electron chi connectivity index (χ0n) is 17.1. The van der Waals surface area contributed by atoms with Gasteiger partial charge in [-0.25, -0.2) is 4.99 Å². The summed E-state index contributed by atoms with van der Waals surface area (Å²) in [7, 11) is 0. The molecule has 3 aromatic carbocycles. The Bertz CT molecular complexity index is 1180. The van der Waals surface area contributed by atoms with Crippen LogP contribution in [0.5, 0.6) is 0 Å². The number of halogens is 3. The van der Waals surface area contributed by atoms with Crippen molar-refractivity contribution < 1.29 is 22.8 Å². The molecule has 4 rings (SSSR count). The molecule has 1 saturated heterocycles. The first-order valence-electron chi connectivity index (χ1n) is 9.98. The third-order valence-electron chi connectivity index (χ3n) is 4.77. The van der Waals surface area contributed by atoms with Gasteiger partial charge in [-0.3, -0.25) is 14.5 Å². The minimum absolute atomic E-state index is 0.0170. The Balaban J connectivity index is 1.54. The Hall–Kier alpha value is -3.59. The first-order valence-corrected chi connectivity index (χ1v) is 10.9. The number of alkyl halides is 3. The van der Waals surface area contributed by atoms with Crippen LogP contribution in [0.3, 0.4) is 0 Å². The lowest BCUT2D eigenvalue weighted by Gasteiger charge is -2.16. The van der Waals surface area contributed by atoms with E-state index in [0.717, 1.165) is 23.9 Å². The molecule has 5 nitrogen and oxygen atoms in total. The van der Waals surface area contributed by atoms with Crippen molar-refractivity contribution in [1.29, 1.82) is 0 Å². The average Bonchev–Trinajstić information content (AvgIpc) is 3.09. The Morgan fingerprint density at radius 3 is 2.30 bits per heavy atom. The highest BCUT2D eigenvalue weighted by Crippen LogP contribution is 2.35. The van der Waals surface area contributed by atoms with Crippen molar-refractivity contribution in [3.8, 4) is 0 Å².